The summed E-state index contributed by atoms with van der Waals surface area (Å²) in [4.78, 5) is 4.01. The van der Waals surface area contributed by atoms with Gasteiger partial charge in [-0.15, -0.1) is 0 Å². The molecular formula is C10H8ClF2N3. The summed E-state index contributed by atoms with van der Waals surface area (Å²) >= 11 is 5.80. The molecule has 0 spiro atoms. The lowest BCUT2D eigenvalue weighted by Gasteiger charge is -2.02. The summed E-state index contributed by atoms with van der Waals surface area (Å²) in [6, 6.07) is 4.65. The third kappa shape index (κ3) is 2.04. The molecule has 0 unspecified atom stereocenters. The normalized spacial score (nSPS) is 11.1. The van der Waals surface area contributed by atoms with Gasteiger partial charge in [0.1, 0.15) is 10.8 Å². The Hall–Kier alpha value is -1.49. The molecule has 0 aliphatic carbocycles. The van der Waals surface area contributed by atoms with Gasteiger partial charge in [0.2, 0.25) is 0 Å². The van der Waals surface area contributed by atoms with Crippen molar-refractivity contribution in [1.29, 1.82) is 0 Å². The molecule has 0 radical (unpaired) electrons. The number of alkyl halides is 2. The Morgan fingerprint density at radius 1 is 1.38 bits per heavy atom. The molecule has 0 aliphatic rings. The number of aromatic nitrogens is 3. The van der Waals surface area contributed by atoms with Crippen molar-refractivity contribution in [2.75, 3.05) is 0 Å². The molecule has 0 saturated carbocycles. The third-order valence-corrected chi connectivity index (χ3v) is 2.30. The molecule has 2 aromatic rings. The summed E-state index contributed by atoms with van der Waals surface area (Å²) in [7, 11) is 0. The van der Waals surface area contributed by atoms with Crippen LogP contribution in [0.5, 0.6) is 0 Å². The fraction of sp³-hybridized carbons (Fsp3) is 0.200. The van der Waals surface area contributed by atoms with Gasteiger partial charge in [-0.05, 0) is 24.6 Å². The minimum atomic E-state index is -2.64. The first kappa shape index (κ1) is 11.0. The molecule has 0 amide bonds. The topological polar surface area (TPSA) is 30.7 Å². The molecule has 2 rings (SSSR count). The van der Waals surface area contributed by atoms with Gasteiger partial charge >= 0.3 is 0 Å². The van der Waals surface area contributed by atoms with Crippen LogP contribution < -0.4 is 0 Å². The van der Waals surface area contributed by atoms with Gasteiger partial charge in [0.15, 0.2) is 5.82 Å². The molecule has 6 heteroatoms. The van der Waals surface area contributed by atoms with Crippen molar-refractivity contribution in [3.63, 3.8) is 0 Å². The van der Waals surface area contributed by atoms with Crippen LogP contribution >= 0.6 is 11.6 Å². The second-order valence-electron chi connectivity index (χ2n) is 3.30. The van der Waals surface area contributed by atoms with E-state index >= 15 is 0 Å². The summed E-state index contributed by atoms with van der Waals surface area (Å²) in [6.45, 7) is 1.87. The van der Waals surface area contributed by atoms with Crippen LogP contribution in [0.1, 0.15) is 17.7 Å². The Labute approximate surface area is 95.7 Å². The van der Waals surface area contributed by atoms with E-state index in [0.717, 1.165) is 11.6 Å². The number of hydrogen-bond donors (Lipinski definition) is 0. The highest BCUT2D eigenvalue weighted by molar-refractivity contribution is 6.29. The van der Waals surface area contributed by atoms with Gasteiger partial charge in [-0.3, -0.25) is 0 Å². The SMILES string of the molecule is Cc1ccnc(-n2nc(C(F)F)cc2Cl)c1. The van der Waals surface area contributed by atoms with E-state index in [1.165, 1.54) is 4.68 Å². The minimum Gasteiger partial charge on any atom is -0.237 e. The van der Waals surface area contributed by atoms with Crippen LogP contribution in [0.25, 0.3) is 5.82 Å². The molecular weight excluding hydrogens is 236 g/mol. The van der Waals surface area contributed by atoms with E-state index < -0.39 is 6.43 Å². The Morgan fingerprint density at radius 2 is 2.12 bits per heavy atom. The maximum atomic E-state index is 12.4. The largest absolute Gasteiger partial charge is 0.282 e. The zero-order valence-corrected chi connectivity index (χ0v) is 9.12. The van der Waals surface area contributed by atoms with Gasteiger partial charge in [-0.2, -0.15) is 5.10 Å². The van der Waals surface area contributed by atoms with E-state index in [2.05, 4.69) is 10.1 Å². The average molecular weight is 244 g/mol. The predicted molar refractivity (Wildman–Crippen MR) is 56.1 cm³/mol. The van der Waals surface area contributed by atoms with Gasteiger partial charge in [0, 0.05) is 12.3 Å². The van der Waals surface area contributed by atoms with Gasteiger partial charge in [0.25, 0.3) is 6.43 Å². The van der Waals surface area contributed by atoms with E-state index in [4.69, 9.17) is 11.6 Å². The third-order valence-electron chi connectivity index (χ3n) is 2.03. The first-order valence-electron chi connectivity index (χ1n) is 4.54. The zero-order valence-electron chi connectivity index (χ0n) is 8.36. The lowest BCUT2D eigenvalue weighted by Crippen LogP contribution is -2.00. The molecule has 0 atom stereocenters. The van der Waals surface area contributed by atoms with Crippen LogP contribution in [-0.2, 0) is 0 Å². The smallest absolute Gasteiger partial charge is 0.237 e. The fourth-order valence-electron chi connectivity index (χ4n) is 1.28. The molecule has 16 heavy (non-hydrogen) atoms. The molecule has 84 valence electrons. The number of aryl methyl sites for hydroxylation is 1. The highest BCUT2D eigenvalue weighted by atomic mass is 35.5. The molecule has 0 aliphatic heterocycles. The van der Waals surface area contributed by atoms with Crippen LogP contribution in [0.3, 0.4) is 0 Å². The lowest BCUT2D eigenvalue weighted by molar-refractivity contribution is 0.145. The summed E-state index contributed by atoms with van der Waals surface area (Å²) in [5.41, 5.74) is 0.600. The van der Waals surface area contributed by atoms with Crippen molar-refractivity contribution < 1.29 is 8.78 Å². The monoisotopic (exact) mass is 243 g/mol. The van der Waals surface area contributed by atoms with Gasteiger partial charge < -0.3 is 0 Å². The van der Waals surface area contributed by atoms with Crippen LogP contribution in [-0.4, -0.2) is 14.8 Å². The molecule has 0 bridgehead atoms. The minimum absolute atomic E-state index is 0.119. The molecule has 0 N–H and O–H groups in total. The first-order valence-corrected chi connectivity index (χ1v) is 4.92. The maximum Gasteiger partial charge on any atom is 0.282 e. The average Bonchev–Trinajstić information content (AvgIpc) is 2.60. The highest BCUT2D eigenvalue weighted by Crippen LogP contribution is 2.23. The van der Waals surface area contributed by atoms with Gasteiger partial charge in [-0.1, -0.05) is 11.6 Å². The highest BCUT2D eigenvalue weighted by Gasteiger charge is 2.15. The number of hydrogen-bond acceptors (Lipinski definition) is 2. The van der Waals surface area contributed by atoms with Gasteiger partial charge in [0.05, 0.1) is 0 Å². The first-order chi connectivity index (χ1) is 7.58. The van der Waals surface area contributed by atoms with E-state index in [1.807, 2.05) is 6.92 Å². The van der Waals surface area contributed by atoms with Crippen molar-refractivity contribution >= 4 is 11.6 Å². The summed E-state index contributed by atoms with van der Waals surface area (Å²) in [5.74, 6) is 0.428. The molecule has 2 heterocycles. The van der Waals surface area contributed by atoms with E-state index in [1.54, 1.807) is 18.3 Å². The molecule has 0 saturated heterocycles. The Balaban J connectivity index is 2.48. The van der Waals surface area contributed by atoms with E-state index in [0.29, 0.717) is 5.82 Å². The van der Waals surface area contributed by atoms with Crippen molar-refractivity contribution in [1.82, 2.24) is 14.8 Å². The Kier molecular flexibility index (Phi) is 2.87. The van der Waals surface area contributed by atoms with Crippen LogP contribution in [0.2, 0.25) is 5.15 Å². The van der Waals surface area contributed by atoms with Crippen molar-refractivity contribution in [2.45, 2.75) is 13.3 Å². The standard InChI is InChI=1S/C10H8ClF2N3/c1-6-2-3-14-9(4-6)16-8(11)5-7(15-16)10(12)13/h2-5,10H,1H3. The quantitative estimate of drug-likeness (QED) is 0.811. The molecule has 0 aromatic carbocycles. The van der Waals surface area contributed by atoms with Crippen molar-refractivity contribution in [3.05, 3.63) is 40.8 Å². The van der Waals surface area contributed by atoms with Gasteiger partial charge in [-0.25, -0.2) is 18.4 Å². The number of nitrogens with zero attached hydrogens (tertiary/aromatic N) is 3. The predicted octanol–water partition coefficient (Wildman–Crippen LogP) is 3.17. The Bertz CT molecular complexity index is 511. The number of pyridine rings is 1. The molecule has 2 aromatic heterocycles. The molecule has 3 nitrogen and oxygen atoms in total. The second-order valence-corrected chi connectivity index (χ2v) is 3.68. The summed E-state index contributed by atoms with van der Waals surface area (Å²) < 4.78 is 26.0. The Morgan fingerprint density at radius 3 is 2.69 bits per heavy atom. The van der Waals surface area contributed by atoms with Crippen molar-refractivity contribution in [2.24, 2.45) is 0 Å². The fourth-order valence-corrected chi connectivity index (χ4v) is 1.51. The zero-order chi connectivity index (χ0) is 11.7. The second kappa shape index (κ2) is 4.17. The number of rotatable bonds is 2. The number of halogens is 3. The lowest BCUT2D eigenvalue weighted by atomic mass is 10.3. The summed E-state index contributed by atoms with van der Waals surface area (Å²) in [6.07, 6.45) is -1.06. The van der Waals surface area contributed by atoms with Crippen LogP contribution in [0.15, 0.2) is 24.4 Å². The van der Waals surface area contributed by atoms with Crippen molar-refractivity contribution in [3.8, 4) is 5.82 Å². The summed E-state index contributed by atoms with van der Waals surface area (Å²) in [5, 5.41) is 3.81. The van der Waals surface area contributed by atoms with E-state index in [-0.39, 0.29) is 10.8 Å². The maximum absolute atomic E-state index is 12.4. The van der Waals surface area contributed by atoms with E-state index in [9.17, 15) is 8.78 Å². The molecule has 0 fully saturated rings. The van der Waals surface area contributed by atoms with Crippen LogP contribution in [0, 0.1) is 6.92 Å². The van der Waals surface area contributed by atoms with Crippen LogP contribution in [0.4, 0.5) is 8.78 Å².